The van der Waals surface area contributed by atoms with Gasteiger partial charge in [0.15, 0.2) is 0 Å². The average Bonchev–Trinajstić information content (AvgIpc) is 3.36. The third kappa shape index (κ3) is 4.84. The summed E-state index contributed by atoms with van der Waals surface area (Å²) in [6.45, 7) is 2.39. The molecule has 1 aliphatic carbocycles. The average molecular weight is 479 g/mol. The predicted molar refractivity (Wildman–Crippen MR) is 128 cm³/mol. The van der Waals surface area contributed by atoms with Crippen molar-refractivity contribution in [3.8, 4) is 23.4 Å². The number of carbonyl (C=O) groups is 1. The summed E-state index contributed by atoms with van der Waals surface area (Å²) in [6, 6.07) is 9.62. The van der Waals surface area contributed by atoms with Gasteiger partial charge in [-0.2, -0.15) is 5.26 Å². The van der Waals surface area contributed by atoms with E-state index in [1.54, 1.807) is 12.3 Å². The number of methoxy groups -OCH3 is 1. The Kier molecular flexibility index (Phi) is 6.64. The molecule has 9 nitrogen and oxygen atoms in total. The van der Waals surface area contributed by atoms with Crippen LogP contribution in [0.2, 0.25) is 0 Å². The molecular weight excluding hydrogens is 448 g/mol. The van der Waals surface area contributed by atoms with E-state index in [0.717, 1.165) is 36.4 Å². The van der Waals surface area contributed by atoms with E-state index in [4.69, 9.17) is 14.2 Å². The lowest BCUT2D eigenvalue weighted by Crippen LogP contribution is -2.37. The Bertz CT molecular complexity index is 1130. The van der Waals surface area contributed by atoms with Gasteiger partial charge in [-0.3, -0.25) is 4.79 Å². The molecule has 2 fully saturated rings. The van der Waals surface area contributed by atoms with E-state index in [-0.39, 0.29) is 24.0 Å². The number of aromatic nitrogens is 1. The summed E-state index contributed by atoms with van der Waals surface area (Å²) in [5, 5.41) is 19.2. The first-order valence-corrected chi connectivity index (χ1v) is 12.2. The third-order valence-corrected chi connectivity index (χ3v) is 7.06. The van der Waals surface area contributed by atoms with Crippen LogP contribution in [0, 0.1) is 17.2 Å². The lowest BCUT2D eigenvalue weighted by Gasteiger charge is -2.31. The van der Waals surface area contributed by atoms with Crippen LogP contribution in [0.4, 0.5) is 11.4 Å². The molecule has 0 radical (unpaired) electrons. The number of hydrogen-bond acceptors (Lipinski definition) is 8. The standard InChI is InChI=1S/C26H30N4O5/c1-33-25-18(14-27)12-19(15-28-25)30-10-11-34-24-7-6-21(13-23(24)30)35-22-8-9-29(16-22)26(32)17-2-4-20(31)5-3-17/h6-7,12-13,15,17,20,22,31H,2-5,8-11,16H2,1H3/t17?,20?,22-/m0/s1. The van der Waals surface area contributed by atoms with Gasteiger partial charge in [0.25, 0.3) is 0 Å². The molecule has 0 bridgehead atoms. The van der Waals surface area contributed by atoms with E-state index in [2.05, 4.69) is 16.0 Å². The highest BCUT2D eigenvalue weighted by Crippen LogP contribution is 2.40. The van der Waals surface area contributed by atoms with Crippen LogP contribution in [0.25, 0.3) is 0 Å². The second kappa shape index (κ2) is 10.0. The molecule has 9 heteroatoms. The molecule has 5 rings (SSSR count). The lowest BCUT2D eigenvalue weighted by atomic mass is 9.86. The smallest absolute Gasteiger partial charge is 0.231 e. The molecule has 1 saturated heterocycles. The normalized spacial score (nSPS) is 23.7. The maximum absolute atomic E-state index is 12.9. The Balaban J connectivity index is 1.28. The number of nitrogens with zero attached hydrogens (tertiary/aromatic N) is 4. The van der Waals surface area contributed by atoms with Crippen molar-refractivity contribution in [3.05, 3.63) is 36.0 Å². The van der Waals surface area contributed by atoms with Crippen molar-refractivity contribution >= 4 is 17.3 Å². The molecular formula is C26H30N4O5. The monoisotopic (exact) mass is 478 g/mol. The van der Waals surface area contributed by atoms with Gasteiger partial charge in [-0.15, -0.1) is 0 Å². The highest BCUT2D eigenvalue weighted by Gasteiger charge is 2.34. The minimum atomic E-state index is -0.263. The van der Waals surface area contributed by atoms with Gasteiger partial charge in [0.05, 0.1) is 43.9 Å². The Morgan fingerprint density at radius 1 is 1.20 bits per heavy atom. The van der Waals surface area contributed by atoms with Crippen molar-refractivity contribution in [1.29, 1.82) is 5.26 Å². The number of fused-ring (bicyclic) bond motifs is 1. The molecule has 3 heterocycles. The van der Waals surface area contributed by atoms with Crippen molar-refractivity contribution in [1.82, 2.24) is 9.88 Å². The molecule has 1 N–H and O–H groups in total. The first-order valence-electron chi connectivity index (χ1n) is 12.2. The van der Waals surface area contributed by atoms with E-state index in [1.165, 1.54) is 7.11 Å². The molecule has 35 heavy (non-hydrogen) atoms. The molecule has 0 spiro atoms. The van der Waals surface area contributed by atoms with E-state index in [9.17, 15) is 15.2 Å². The number of ether oxygens (including phenoxy) is 3. The summed E-state index contributed by atoms with van der Waals surface area (Å²) in [7, 11) is 1.49. The van der Waals surface area contributed by atoms with Crippen molar-refractivity contribution < 1.29 is 24.1 Å². The number of carbonyl (C=O) groups excluding carboxylic acids is 1. The van der Waals surface area contributed by atoms with Crippen LogP contribution in [0.5, 0.6) is 17.4 Å². The Hall–Kier alpha value is -3.51. The summed E-state index contributed by atoms with van der Waals surface area (Å²) >= 11 is 0. The zero-order valence-corrected chi connectivity index (χ0v) is 19.9. The van der Waals surface area contributed by atoms with Gasteiger partial charge in [-0.25, -0.2) is 4.98 Å². The fourth-order valence-corrected chi connectivity index (χ4v) is 5.17. The van der Waals surface area contributed by atoms with Crippen LogP contribution in [0.3, 0.4) is 0 Å². The van der Waals surface area contributed by atoms with E-state index in [0.29, 0.717) is 56.3 Å². The quantitative estimate of drug-likeness (QED) is 0.699. The van der Waals surface area contributed by atoms with Crippen LogP contribution in [-0.4, -0.2) is 66.5 Å². The molecule has 184 valence electrons. The number of likely N-dealkylation sites (tertiary alicyclic amines) is 1. The number of benzene rings is 1. The number of anilines is 2. The second-order valence-corrected chi connectivity index (χ2v) is 9.31. The van der Waals surface area contributed by atoms with Gasteiger partial charge < -0.3 is 29.1 Å². The highest BCUT2D eigenvalue weighted by atomic mass is 16.5. The van der Waals surface area contributed by atoms with Gasteiger partial charge >= 0.3 is 0 Å². The summed E-state index contributed by atoms with van der Waals surface area (Å²) < 4.78 is 17.3. The molecule has 1 amide bonds. The van der Waals surface area contributed by atoms with Gasteiger partial charge in [0, 0.05) is 24.9 Å². The van der Waals surface area contributed by atoms with Gasteiger partial charge in [0.2, 0.25) is 11.8 Å². The minimum Gasteiger partial charge on any atom is -0.490 e. The summed E-state index contributed by atoms with van der Waals surface area (Å²) in [5.74, 6) is 1.95. The lowest BCUT2D eigenvalue weighted by molar-refractivity contribution is -0.136. The maximum atomic E-state index is 12.9. The minimum absolute atomic E-state index is 0.0167. The van der Waals surface area contributed by atoms with Gasteiger partial charge in [-0.05, 0) is 43.9 Å². The molecule has 2 aliphatic heterocycles. The number of aliphatic hydroxyl groups excluding tert-OH is 1. The molecule has 2 aromatic rings. The SMILES string of the molecule is COc1ncc(N2CCOc3ccc(O[C@H]4CCN(C(=O)C5CCC(O)CC5)C4)cc32)cc1C#N. The third-order valence-electron chi connectivity index (χ3n) is 7.06. The van der Waals surface area contributed by atoms with E-state index < -0.39 is 0 Å². The summed E-state index contributed by atoms with van der Waals surface area (Å²) in [5.41, 5.74) is 1.99. The zero-order chi connectivity index (χ0) is 24.4. The summed E-state index contributed by atoms with van der Waals surface area (Å²) in [6.07, 6.45) is 5.07. The fraction of sp³-hybridized carbons (Fsp3) is 0.500. The predicted octanol–water partition coefficient (Wildman–Crippen LogP) is 3.02. The van der Waals surface area contributed by atoms with Crippen molar-refractivity contribution in [2.75, 3.05) is 38.3 Å². The van der Waals surface area contributed by atoms with Crippen LogP contribution in [0.1, 0.15) is 37.7 Å². The number of rotatable bonds is 5. The van der Waals surface area contributed by atoms with Gasteiger partial charge in [-0.1, -0.05) is 0 Å². The van der Waals surface area contributed by atoms with Crippen LogP contribution >= 0.6 is 0 Å². The molecule has 1 saturated carbocycles. The first-order chi connectivity index (χ1) is 17.1. The van der Waals surface area contributed by atoms with Crippen LogP contribution in [-0.2, 0) is 4.79 Å². The zero-order valence-electron chi connectivity index (χ0n) is 19.9. The topological polar surface area (TPSA) is 108 Å². The number of aliphatic hydroxyl groups is 1. The van der Waals surface area contributed by atoms with Crippen molar-refractivity contribution in [2.24, 2.45) is 5.92 Å². The van der Waals surface area contributed by atoms with Crippen LogP contribution in [0.15, 0.2) is 30.5 Å². The summed E-state index contributed by atoms with van der Waals surface area (Å²) in [4.78, 5) is 21.2. The Morgan fingerprint density at radius 2 is 2.03 bits per heavy atom. The fourth-order valence-electron chi connectivity index (χ4n) is 5.17. The van der Waals surface area contributed by atoms with Crippen LogP contribution < -0.4 is 19.1 Å². The van der Waals surface area contributed by atoms with E-state index >= 15 is 0 Å². The second-order valence-electron chi connectivity index (χ2n) is 9.31. The molecule has 1 atom stereocenters. The highest BCUT2D eigenvalue weighted by molar-refractivity contribution is 5.79. The number of pyridine rings is 1. The maximum Gasteiger partial charge on any atom is 0.231 e. The Morgan fingerprint density at radius 3 is 2.80 bits per heavy atom. The Labute approximate surface area is 204 Å². The molecule has 1 aromatic heterocycles. The largest absolute Gasteiger partial charge is 0.490 e. The number of hydrogen-bond donors (Lipinski definition) is 1. The van der Waals surface area contributed by atoms with Gasteiger partial charge in [0.1, 0.15) is 35.8 Å². The van der Waals surface area contributed by atoms with Crippen molar-refractivity contribution in [3.63, 3.8) is 0 Å². The van der Waals surface area contributed by atoms with Crippen molar-refractivity contribution in [2.45, 2.75) is 44.3 Å². The number of amides is 1. The molecule has 3 aliphatic rings. The van der Waals surface area contributed by atoms with E-state index in [1.807, 2.05) is 23.1 Å². The molecule has 0 unspecified atom stereocenters. The molecule has 1 aromatic carbocycles. The first kappa shape index (κ1) is 23.2. The number of nitriles is 1.